The first kappa shape index (κ1) is 19.8. The summed E-state index contributed by atoms with van der Waals surface area (Å²) in [5, 5.41) is 3.16. The molecular weight excluding hydrogens is 370 g/mol. The molecule has 1 amide bonds. The first-order valence-electron chi connectivity index (χ1n) is 8.95. The minimum absolute atomic E-state index is 0.0301. The van der Waals surface area contributed by atoms with Gasteiger partial charge in [-0.1, -0.05) is 60.7 Å². The maximum atomic E-state index is 12.7. The molecule has 0 aromatic heterocycles. The second-order valence-electron chi connectivity index (χ2n) is 6.13. The molecule has 144 valence electrons. The number of rotatable bonds is 8. The van der Waals surface area contributed by atoms with Gasteiger partial charge in [0.2, 0.25) is 5.91 Å². The molecule has 0 aliphatic rings. The largest absolute Gasteiger partial charge is 0.493 e. The van der Waals surface area contributed by atoms with E-state index in [1.165, 1.54) is 11.8 Å². The quantitative estimate of drug-likeness (QED) is 0.564. The molecule has 4 nitrogen and oxygen atoms in total. The van der Waals surface area contributed by atoms with Crippen molar-refractivity contribution in [3.8, 4) is 11.5 Å². The van der Waals surface area contributed by atoms with E-state index in [4.69, 9.17) is 9.47 Å². The Hall–Kier alpha value is -2.92. The molecule has 0 spiro atoms. The summed E-state index contributed by atoms with van der Waals surface area (Å²) in [6, 6.07) is 25.4. The van der Waals surface area contributed by atoms with E-state index in [1.807, 2.05) is 78.9 Å². The maximum absolute atomic E-state index is 12.7. The number of hydrogen-bond acceptors (Lipinski definition) is 4. The van der Waals surface area contributed by atoms with Crippen LogP contribution in [0.25, 0.3) is 0 Å². The lowest BCUT2D eigenvalue weighted by atomic mass is 9.99. The second-order valence-corrected chi connectivity index (χ2v) is 7.18. The van der Waals surface area contributed by atoms with Crippen molar-refractivity contribution < 1.29 is 14.3 Å². The van der Waals surface area contributed by atoms with Crippen molar-refractivity contribution in [2.24, 2.45) is 0 Å². The maximum Gasteiger partial charge on any atom is 0.231 e. The highest BCUT2D eigenvalue weighted by Gasteiger charge is 2.17. The van der Waals surface area contributed by atoms with Crippen LogP contribution >= 0.6 is 11.8 Å². The van der Waals surface area contributed by atoms with Crippen LogP contribution in [0.2, 0.25) is 0 Å². The molecule has 0 atom stereocenters. The standard InChI is InChI=1S/C23H23NO3S/c1-26-20-14-13-19(15-21(20)27-2)28-16-22(25)24-23(17-9-5-3-6-10-17)18-11-7-4-8-12-18/h3-15,23H,16H2,1-2H3,(H,24,25). The van der Waals surface area contributed by atoms with Gasteiger partial charge in [0.25, 0.3) is 0 Å². The third-order valence-electron chi connectivity index (χ3n) is 4.30. The Bertz CT molecular complexity index is 861. The number of methoxy groups -OCH3 is 2. The molecule has 0 unspecified atom stereocenters. The normalized spacial score (nSPS) is 10.5. The molecule has 0 heterocycles. The molecule has 5 heteroatoms. The number of thioether (sulfide) groups is 1. The number of nitrogens with one attached hydrogen (secondary N) is 1. The van der Waals surface area contributed by atoms with Crippen molar-refractivity contribution >= 4 is 17.7 Å². The van der Waals surface area contributed by atoms with Gasteiger partial charge in [0, 0.05) is 4.90 Å². The van der Waals surface area contributed by atoms with Crippen LogP contribution in [0, 0.1) is 0 Å². The van der Waals surface area contributed by atoms with E-state index in [9.17, 15) is 4.79 Å². The lowest BCUT2D eigenvalue weighted by molar-refractivity contribution is -0.119. The third-order valence-corrected chi connectivity index (χ3v) is 5.29. The highest BCUT2D eigenvalue weighted by Crippen LogP contribution is 2.32. The molecule has 1 N–H and O–H groups in total. The molecule has 3 aromatic rings. The van der Waals surface area contributed by atoms with Crippen molar-refractivity contribution in [1.29, 1.82) is 0 Å². The zero-order valence-corrected chi connectivity index (χ0v) is 16.7. The van der Waals surface area contributed by atoms with E-state index in [0.29, 0.717) is 17.3 Å². The summed E-state index contributed by atoms with van der Waals surface area (Å²) >= 11 is 1.46. The number of amides is 1. The highest BCUT2D eigenvalue weighted by molar-refractivity contribution is 8.00. The Morgan fingerprint density at radius 2 is 1.43 bits per heavy atom. The molecule has 3 rings (SSSR count). The second kappa shape index (κ2) is 9.85. The number of ether oxygens (including phenoxy) is 2. The van der Waals surface area contributed by atoms with Crippen molar-refractivity contribution in [2.75, 3.05) is 20.0 Å². The Labute approximate surface area is 169 Å². The minimum atomic E-state index is -0.180. The molecule has 0 radical (unpaired) electrons. The summed E-state index contributed by atoms with van der Waals surface area (Å²) in [6.07, 6.45) is 0. The molecule has 28 heavy (non-hydrogen) atoms. The smallest absolute Gasteiger partial charge is 0.231 e. The fourth-order valence-electron chi connectivity index (χ4n) is 2.91. The number of hydrogen-bond donors (Lipinski definition) is 1. The summed E-state index contributed by atoms with van der Waals surface area (Å²) in [6.45, 7) is 0. The van der Waals surface area contributed by atoms with Crippen LogP contribution in [-0.4, -0.2) is 25.9 Å². The monoisotopic (exact) mass is 393 g/mol. The average molecular weight is 394 g/mol. The lowest BCUT2D eigenvalue weighted by Crippen LogP contribution is -2.30. The average Bonchev–Trinajstić information content (AvgIpc) is 2.77. The molecule has 0 aliphatic carbocycles. The first-order valence-corrected chi connectivity index (χ1v) is 9.94. The van der Waals surface area contributed by atoms with Crippen LogP contribution in [-0.2, 0) is 4.79 Å². The lowest BCUT2D eigenvalue weighted by Gasteiger charge is -2.20. The van der Waals surface area contributed by atoms with E-state index in [0.717, 1.165) is 16.0 Å². The van der Waals surface area contributed by atoms with Crippen LogP contribution in [0.1, 0.15) is 17.2 Å². The Morgan fingerprint density at radius 1 is 0.857 bits per heavy atom. The van der Waals surface area contributed by atoms with Gasteiger partial charge in [-0.25, -0.2) is 0 Å². The van der Waals surface area contributed by atoms with Crippen LogP contribution in [0.3, 0.4) is 0 Å². The minimum Gasteiger partial charge on any atom is -0.493 e. The fraction of sp³-hybridized carbons (Fsp3) is 0.174. The highest BCUT2D eigenvalue weighted by atomic mass is 32.2. The van der Waals surface area contributed by atoms with Crippen molar-refractivity contribution in [3.05, 3.63) is 90.0 Å². The third kappa shape index (κ3) is 5.08. The van der Waals surface area contributed by atoms with Gasteiger partial charge in [-0.05, 0) is 29.3 Å². The van der Waals surface area contributed by atoms with Gasteiger partial charge >= 0.3 is 0 Å². The number of carbonyl (C=O) groups is 1. The molecule has 0 fully saturated rings. The van der Waals surface area contributed by atoms with Gasteiger partial charge in [0.1, 0.15) is 0 Å². The van der Waals surface area contributed by atoms with Crippen molar-refractivity contribution in [1.82, 2.24) is 5.32 Å². The van der Waals surface area contributed by atoms with E-state index in [-0.39, 0.29) is 11.9 Å². The zero-order chi connectivity index (χ0) is 19.8. The molecule has 0 bridgehead atoms. The predicted octanol–water partition coefficient (Wildman–Crippen LogP) is 4.70. The van der Waals surface area contributed by atoms with Crippen LogP contribution < -0.4 is 14.8 Å². The fourth-order valence-corrected chi connectivity index (χ4v) is 3.64. The van der Waals surface area contributed by atoms with E-state index >= 15 is 0 Å². The van der Waals surface area contributed by atoms with E-state index in [2.05, 4.69) is 5.32 Å². The van der Waals surface area contributed by atoms with Gasteiger partial charge in [0.15, 0.2) is 11.5 Å². The molecule has 0 saturated heterocycles. The molecule has 0 aliphatic heterocycles. The SMILES string of the molecule is COc1ccc(SCC(=O)NC(c2ccccc2)c2ccccc2)cc1OC. The van der Waals surface area contributed by atoms with Gasteiger partial charge in [-0.2, -0.15) is 0 Å². The van der Waals surface area contributed by atoms with Crippen molar-refractivity contribution in [3.63, 3.8) is 0 Å². The van der Waals surface area contributed by atoms with E-state index in [1.54, 1.807) is 14.2 Å². The van der Waals surface area contributed by atoms with E-state index < -0.39 is 0 Å². The zero-order valence-electron chi connectivity index (χ0n) is 15.9. The van der Waals surface area contributed by atoms with Crippen molar-refractivity contribution in [2.45, 2.75) is 10.9 Å². The summed E-state index contributed by atoms with van der Waals surface area (Å²) in [7, 11) is 3.20. The summed E-state index contributed by atoms with van der Waals surface area (Å²) in [5.41, 5.74) is 2.11. The van der Waals surface area contributed by atoms with Gasteiger partial charge in [0.05, 0.1) is 26.0 Å². The molecule has 3 aromatic carbocycles. The number of carbonyl (C=O) groups excluding carboxylic acids is 1. The summed E-state index contributed by atoms with van der Waals surface area (Å²) in [5.74, 6) is 1.60. The van der Waals surface area contributed by atoms with Gasteiger partial charge in [-0.3, -0.25) is 4.79 Å². The predicted molar refractivity (Wildman–Crippen MR) is 113 cm³/mol. The Kier molecular flexibility index (Phi) is 6.98. The number of benzene rings is 3. The van der Waals surface area contributed by atoms with Crippen LogP contribution in [0.4, 0.5) is 0 Å². The Morgan fingerprint density at radius 3 is 1.96 bits per heavy atom. The summed E-state index contributed by atoms with van der Waals surface area (Å²) < 4.78 is 10.6. The topological polar surface area (TPSA) is 47.6 Å². The first-order chi connectivity index (χ1) is 13.7. The van der Waals surface area contributed by atoms with Crippen LogP contribution in [0.5, 0.6) is 11.5 Å². The molecule has 0 saturated carbocycles. The van der Waals surface area contributed by atoms with Gasteiger partial charge < -0.3 is 14.8 Å². The van der Waals surface area contributed by atoms with Crippen LogP contribution in [0.15, 0.2) is 83.8 Å². The van der Waals surface area contributed by atoms with Gasteiger partial charge in [-0.15, -0.1) is 11.8 Å². The Balaban J connectivity index is 1.69. The summed E-state index contributed by atoms with van der Waals surface area (Å²) in [4.78, 5) is 13.6. The molecular formula is C23H23NO3S.